The summed E-state index contributed by atoms with van der Waals surface area (Å²) in [7, 11) is 3.42. The quantitative estimate of drug-likeness (QED) is 0.652. The summed E-state index contributed by atoms with van der Waals surface area (Å²) in [5.74, 6) is 0.105. The van der Waals surface area contributed by atoms with E-state index in [0.29, 0.717) is 44.4 Å². The van der Waals surface area contributed by atoms with Gasteiger partial charge in [-0.1, -0.05) is 0 Å². The first-order valence-electron chi connectivity index (χ1n) is 6.26. The fraction of sp³-hybridized carbons (Fsp3) is 0.615. The Labute approximate surface area is 113 Å². The maximum atomic E-state index is 13.1. The maximum Gasteiger partial charge on any atom is 0.218 e. The molecule has 0 aromatic carbocycles. The summed E-state index contributed by atoms with van der Waals surface area (Å²) >= 11 is 0. The van der Waals surface area contributed by atoms with Gasteiger partial charge in [-0.2, -0.15) is 0 Å². The Hall–Kier alpha value is -1.24. The molecule has 6 heteroatoms. The summed E-state index contributed by atoms with van der Waals surface area (Å²) in [6.45, 7) is 2.78. The highest BCUT2D eigenvalue weighted by molar-refractivity contribution is 5.25. The molecule has 1 aromatic heterocycles. The van der Waals surface area contributed by atoms with E-state index in [1.54, 1.807) is 14.2 Å². The van der Waals surface area contributed by atoms with Crippen molar-refractivity contribution in [3.63, 3.8) is 0 Å². The van der Waals surface area contributed by atoms with Crippen molar-refractivity contribution in [2.75, 3.05) is 40.6 Å². The largest absolute Gasteiger partial charge is 0.477 e. The predicted octanol–water partition coefficient (Wildman–Crippen LogP) is 1.37. The van der Waals surface area contributed by atoms with Gasteiger partial charge in [-0.05, 0) is 13.1 Å². The second-order valence-electron chi connectivity index (χ2n) is 3.96. The van der Waals surface area contributed by atoms with Gasteiger partial charge in [0.1, 0.15) is 5.82 Å². The number of hydrogen-bond donors (Lipinski definition) is 1. The summed E-state index contributed by atoms with van der Waals surface area (Å²) in [5.41, 5.74) is 0.711. The summed E-state index contributed by atoms with van der Waals surface area (Å²) < 4.78 is 28.8. The molecule has 0 aliphatic carbocycles. The van der Waals surface area contributed by atoms with Gasteiger partial charge in [0, 0.05) is 32.2 Å². The summed E-state index contributed by atoms with van der Waals surface area (Å²) in [6.07, 6.45) is 1.91. The SMILES string of the molecule is CNCc1cc(F)cnc1OCCCOCCOC. The number of nitrogens with one attached hydrogen (secondary N) is 1. The van der Waals surface area contributed by atoms with Gasteiger partial charge in [-0.3, -0.25) is 0 Å². The van der Waals surface area contributed by atoms with Crippen LogP contribution in [-0.2, 0) is 16.0 Å². The minimum absolute atomic E-state index is 0.361. The second kappa shape index (κ2) is 9.66. The molecule has 0 amide bonds. The van der Waals surface area contributed by atoms with Crippen LogP contribution in [0.15, 0.2) is 12.3 Å². The topological polar surface area (TPSA) is 52.6 Å². The van der Waals surface area contributed by atoms with Gasteiger partial charge >= 0.3 is 0 Å². The van der Waals surface area contributed by atoms with Crippen molar-refractivity contribution < 1.29 is 18.6 Å². The van der Waals surface area contributed by atoms with Gasteiger partial charge in [0.2, 0.25) is 5.88 Å². The van der Waals surface area contributed by atoms with Crippen LogP contribution in [-0.4, -0.2) is 45.6 Å². The molecule has 1 heterocycles. The molecule has 0 unspecified atom stereocenters. The molecule has 0 saturated heterocycles. The molecule has 108 valence electrons. The molecule has 5 nitrogen and oxygen atoms in total. The van der Waals surface area contributed by atoms with Gasteiger partial charge in [-0.25, -0.2) is 9.37 Å². The molecule has 0 spiro atoms. The highest BCUT2D eigenvalue weighted by Crippen LogP contribution is 2.16. The smallest absolute Gasteiger partial charge is 0.218 e. The maximum absolute atomic E-state index is 13.1. The normalized spacial score (nSPS) is 10.7. The average Bonchev–Trinajstić information content (AvgIpc) is 2.40. The molecule has 0 atom stereocenters. The van der Waals surface area contributed by atoms with Crippen molar-refractivity contribution in [3.8, 4) is 5.88 Å². The zero-order chi connectivity index (χ0) is 13.9. The van der Waals surface area contributed by atoms with Crippen LogP contribution in [0, 0.1) is 5.82 Å². The van der Waals surface area contributed by atoms with Crippen molar-refractivity contribution in [2.45, 2.75) is 13.0 Å². The van der Waals surface area contributed by atoms with E-state index in [4.69, 9.17) is 14.2 Å². The molecule has 0 fully saturated rings. The van der Waals surface area contributed by atoms with Crippen molar-refractivity contribution >= 4 is 0 Å². The molecule has 0 radical (unpaired) electrons. The molecule has 0 saturated carbocycles. The van der Waals surface area contributed by atoms with Crippen LogP contribution >= 0.6 is 0 Å². The molecular weight excluding hydrogens is 251 g/mol. The van der Waals surface area contributed by atoms with Crippen molar-refractivity contribution in [3.05, 3.63) is 23.6 Å². The molecule has 0 bridgehead atoms. The number of hydrogen-bond acceptors (Lipinski definition) is 5. The molecule has 1 rings (SSSR count). The minimum Gasteiger partial charge on any atom is -0.477 e. The van der Waals surface area contributed by atoms with E-state index in [0.717, 1.165) is 12.6 Å². The first-order chi connectivity index (χ1) is 9.27. The lowest BCUT2D eigenvalue weighted by atomic mass is 10.2. The van der Waals surface area contributed by atoms with Crippen LogP contribution in [0.5, 0.6) is 5.88 Å². The van der Waals surface area contributed by atoms with E-state index in [1.807, 2.05) is 0 Å². The third-order valence-electron chi connectivity index (χ3n) is 2.36. The fourth-order valence-electron chi connectivity index (χ4n) is 1.49. The second-order valence-corrected chi connectivity index (χ2v) is 3.96. The van der Waals surface area contributed by atoms with E-state index in [2.05, 4.69) is 10.3 Å². The lowest BCUT2D eigenvalue weighted by Crippen LogP contribution is -2.11. The third-order valence-corrected chi connectivity index (χ3v) is 2.36. The summed E-state index contributed by atoms with van der Waals surface area (Å²) in [4.78, 5) is 3.95. The van der Waals surface area contributed by atoms with E-state index in [1.165, 1.54) is 6.07 Å². The number of methoxy groups -OCH3 is 1. The Balaban J connectivity index is 2.28. The van der Waals surface area contributed by atoms with Crippen LogP contribution in [0.25, 0.3) is 0 Å². The number of halogens is 1. The highest BCUT2D eigenvalue weighted by atomic mass is 19.1. The first-order valence-corrected chi connectivity index (χ1v) is 6.26. The average molecular weight is 272 g/mol. The van der Waals surface area contributed by atoms with E-state index in [9.17, 15) is 4.39 Å². The number of ether oxygens (including phenoxy) is 3. The zero-order valence-corrected chi connectivity index (χ0v) is 11.4. The first kappa shape index (κ1) is 15.8. The molecule has 19 heavy (non-hydrogen) atoms. The monoisotopic (exact) mass is 272 g/mol. The van der Waals surface area contributed by atoms with Crippen molar-refractivity contribution in [1.82, 2.24) is 10.3 Å². The van der Waals surface area contributed by atoms with Crippen molar-refractivity contribution in [1.29, 1.82) is 0 Å². The van der Waals surface area contributed by atoms with Crippen LogP contribution < -0.4 is 10.1 Å². The lowest BCUT2D eigenvalue weighted by molar-refractivity contribution is 0.0641. The van der Waals surface area contributed by atoms with E-state index >= 15 is 0 Å². The minimum atomic E-state index is -0.361. The van der Waals surface area contributed by atoms with E-state index in [-0.39, 0.29) is 5.82 Å². The van der Waals surface area contributed by atoms with Gasteiger partial charge < -0.3 is 19.5 Å². The molecule has 1 N–H and O–H groups in total. The molecule has 0 aliphatic rings. The van der Waals surface area contributed by atoms with Crippen LogP contribution in [0.2, 0.25) is 0 Å². The number of rotatable bonds is 10. The number of pyridine rings is 1. The van der Waals surface area contributed by atoms with Crippen molar-refractivity contribution in [2.24, 2.45) is 0 Å². The molecular formula is C13H21FN2O3. The zero-order valence-electron chi connectivity index (χ0n) is 11.4. The highest BCUT2D eigenvalue weighted by Gasteiger charge is 2.06. The Morgan fingerprint density at radius 1 is 1.26 bits per heavy atom. The van der Waals surface area contributed by atoms with Crippen LogP contribution in [0.3, 0.4) is 0 Å². The van der Waals surface area contributed by atoms with Gasteiger partial charge in [0.05, 0.1) is 26.0 Å². The predicted molar refractivity (Wildman–Crippen MR) is 69.8 cm³/mol. The lowest BCUT2D eigenvalue weighted by Gasteiger charge is -2.10. The summed E-state index contributed by atoms with van der Waals surface area (Å²) in [6, 6.07) is 1.42. The summed E-state index contributed by atoms with van der Waals surface area (Å²) in [5, 5.41) is 2.95. The Morgan fingerprint density at radius 2 is 2.11 bits per heavy atom. The molecule has 1 aromatic rings. The Bertz CT molecular complexity index is 364. The fourth-order valence-corrected chi connectivity index (χ4v) is 1.49. The van der Waals surface area contributed by atoms with E-state index < -0.39 is 0 Å². The van der Waals surface area contributed by atoms with Crippen LogP contribution in [0.1, 0.15) is 12.0 Å². The van der Waals surface area contributed by atoms with Gasteiger partial charge in [0.15, 0.2) is 0 Å². The standard InChI is InChI=1S/C13H21FN2O3/c1-15-9-11-8-12(14)10-16-13(11)19-5-3-4-18-7-6-17-2/h8,10,15H,3-7,9H2,1-2H3. The Kier molecular flexibility index (Phi) is 8.04. The van der Waals surface area contributed by atoms with Gasteiger partial charge in [0.25, 0.3) is 0 Å². The number of aromatic nitrogens is 1. The molecule has 0 aliphatic heterocycles. The Morgan fingerprint density at radius 3 is 2.84 bits per heavy atom. The third kappa shape index (κ3) is 6.47. The van der Waals surface area contributed by atoms with Gasteiger partial charge in [-0.15, -0.1) is 0 Å². The van der Waals surface area contributed by atoms with Crippen LogP contribution in [0.4, 0.5) is 4.39 Å². The number of nitrogens with zero attached hydrogens (tertiary/aromatic N) is 1.